The van der Waals surface area contributed by atoms with E-state index in [1.807, 2.05) is 53.6 Å². The van der Waals surface area contributed by atoms with Gasteiger partial charge >= 0.3 is 0 Å². The number of carbonyl (C=O) groups is 2. The van der Waals surface area contributed by atoms with Crippen LogP contribution in [0.1, 0.15) is 40.1 Å². The summed E-state index contributed by atoms with van der Waals surface area (Å²) < 4.78 is 0. The number of nitrogens with one attached hydrogen (secondary N) is 3. The Morgan fingerprint density at radius 2 is 1.78 bits per heavy atom. The van der Waals surface area contributed by atoms with Crippen LogP contribution in [-0.2, 0) is 35.4 Å². The summed E-state index contributed by atoms with van der Waals surface area (Å²) in [4.78, 5) is 37.9. The number of carbonyl (C=O) groups excluding carboxylic acids is 2. The molecule has 4 heterocycles. The SMILES string of the molecule is CC(NCCc1cccs1)c1cccnc1N1CCN(C(=O)C(Cc2ccc(Cl)cc2)NC(=O)C2Cc3ccccc3CN2)CC1. The van der Waals surface area contributed by atoms with E-state index in [1.54, 1.807) is 11.3 Å². The molecule has 4 aromatic rings. The number of hydrogen-bond acceptors (Lipinski definition) is 7. The van der Waals surface area contributed by atoms with E-state index in [1.165, 1.54) is 16.0 Å². The minimum atomic E-state index is -0.683. The van der Waals surface area contributed by atoms with Crippen molar-refractivity contribution in [2.45, 2.75) is 50.9 Å². The largest absolute Gasteiger partial charge is 0.353 e. The van der Waals surface area contributed by atoms with Crippen LogP contribution < -0.4 is 20.9 Å². The number of thiophene rings is 1. The van der Waals surface area contributed by atoms with E-state index in [4.69, 9.17) is 16.6 Å². The Bertz CT molecular complexity index is 1610. The van der Waals surface area contributed by atoms with Crippen LogP contribution in [0.3, 0.4) is 0 Å². The predicted molar refractivity (Wildman–Crippen MR) is 185 cm³/mol. The van der Waals surface area contributed by atoms with Gasteiger partial charge < -0.3 is 25.8 Å². The van der Waals surface area contributed by atoms with Gasteiger partial charge in [-0.2, -0.15) is 0 Å². The van der Waals surface area contributed by atoms with Crippen molar-refractivity contribution in [1.82, 2.24) is 25.8 Å². The van der Waals surface area contributed by atoms with Gasteiger partial charge in [-0.3, -0.25) is 9.59 Å². The maximum absolute atomic E-state index is 14.0. The van der Waals surface area contributed by atoms with Crippen molar-refractivity contribution in [1.29, 1.82) is 0 Å². The maximum atomic E-state index is 14.0. The molecule has 2 aliphatic heterocycles. The lowest BCUT2D eigenvalue weighted by Gasteiger charge is -2.38. The average molecular weight is 657 g/mol. The first-order valence-electron chi connectivity index (χ1n) is 16.0. The van der Waals surface area contributed by atoms with Crippen molar-refractivity contribution in [3.8, 4) is 0 Å². The first kappa shape index (κ1) is 32.2. The Hall–Kier alpha value is -3.76. The molecule has 10 heteroatoms. The van der Waals surface area contributed by atoms with Crippen molar-refractivity contribution in [2.75, 3.05) is 37.6 Å². The molecule has 2 aliphatic rings. The Labute approximate surface area is 280 Å². The van der Waals surface area contributed by atoms with Gasteiger partial charge in [-0.1, -0.05) is 60.1 Å². The molecule has 240 valence electrons. The molecule has 2 aromatic heterocycles. The van der Waals surface area contributed by atoms with Crippen LogP contribution >= 0.6 is 22.9 Å². The molecule has 0 bridgehead atoms. The molecular weight excluding hydrogens is 616 g/mol. The number of pyridine rings is 1. The molecule has 3 unspecified atom stereocenters. The minimum absolute atomic E-state index is 0.0657. The number of benzene rings is 2. The standard InChI is InChI=1S/C36H41ClN6O2S/c1-25(38-16-14-30-8-5-21-46-30)31-9-4-15-39-34(31)42-17-19-43(20-18-42)36(45)33(22-26-10-12-29(37)13-11-26)41-35(44)32-23-27-6-2-3-7-28(27)24-40-32/h2-13,15,21,25,32-33,38,40H,14,16-20,22-24H2,1H3,(H,41,44). The summed E-state index contributed by atoms with van der Waals surface area (Å²) in [7, 11) is 0. The molecule has 6 rings (SSSR count). The van der Waals surface area contributed by atoms with E-state index in [-0.39, 0.29) is 17.9 Å². The molecule has 0 spiro atoms. The van der Waals surface area contributed by atoms with Crippen LogP contribution in [0.4, 0.5) is 5.82 Å². The number of amides is 2. The van der Waals surface area contributed by atoms with Crippen LogP contribution in [0.2, 0.25) is 5.02 Å². The van der Waals surface area contributed by atoms with Gasteiger partial charge in [0.2, 0.25) is 11.8 Å². The zero-order valence-corrected chi connectivity index (χ0v) is 27.7. The number of anilines is 1. The van der Waals surface area contributed by atoms with Crippen molar-refractivity contribution < 1.29 is 9.59 Å². The number of hydrogen-bond donors (Lipinski definition) is 3. The molecule has 0 aliphatic carbocycles. The molecule has 3 atom stereocenters. The Balaban J connectivity index is 1.10. The molecule has 2 amide bonds. The van der Waals surface area contributed by atoms with Gasteiger partial charge in [-0.15, -0.1) is 11.3 Å². The summed E-state index contributed by atoms with van der Waals surface area (Å²) >= 11 is 7.92. The van der Waals surface area contributed by atoms with Gasteiger partial charge in [0, 0.05) is 73.4 Å². The fourth-order valence-electron chi connectivity index (χ4n) is 6.32. The van der Waals surface area contributed by atoms with E-state index >= 15 is 0 Å². The average Bonchev–Trinajstić information content (AvgIpc) is 3.62. The highest BCUT2D eigenvalue weighted by Crippen LogP contribution is 2.26. The second-order valence-electron chi connectivity index (χ2n) is 12.0. The summed E-state index contributed by atoms with van der Waals surface area (Å²) in [6.07, 6.45) is 3.82. The van der Waals surface area contributed by atoms with Crippen molar-refractivity contribution in [3.63, 3.8) is 0 Å². The number of aromatic nitrogens is 1. The fraction of sp³-hybridized carbons (Fsp3) is 0.361. The van der Waals surface area contributed by atoms with Crippen molar-refractivity contribution in [2.24, 2.45) is 0 Å². The van der Waals surface area contributed by atoms with Crippen molar-refractivity contribution >= 4 is 40.6 Å². The Morgan fingerprint density at radius 3 is 2.54 bits per heavy atom. The lowest BCUT2D eigenvalue weighted by molar-refractivity contribution is -0.137. The molecule has 0 saturated carbocycles. The third-order valence-corrected chi connectivity index (χ3v) is 10.1. The first-order chi connectivity index (χ1) is 22.4. The molecule has 3 N–H and O–H groups in total. The molecular formula is C36H41ClN6O2S. The smallest absolute Gasteiger partial charge is 0.245 e. The minimum Gasteiger partial charge on any atom is -0.353 e. The highest BCUT2D eigenvalue weighted by Gasteiger charge is 2.32. The molecule has 0 radical (unpaired) electrons. The second kappa shape index (κ2) is 15.2. The third-order valence-electron chi connectivity index (χ3n) is 8.94. The van der Waals surface area contributed by atoms with E-state index in [0.717, 1.165) is 29.9 Å². The van der Waals surface area contributed by atoms with Gasteiger partial charge in [-0.25, -0.2) is 4.98 Å². The third kappa shape index (κ3) is 7.96. The van der Waals surface area contributed by atoms with Crippen molar-refractivity contribution in [3.05, 3.63) is 117 Å². The number of nitrogens with zero attached hydrogens (tertiary/aromatic N) is 3. The monoisotopic (exact) mass is 656 g/mol. The molecule has 46 heavy (non-hydrogen) atoms. The van der Waals surface area contributed by atoms with Gasteiger partial charge in [0.25, 0.3) is 0 Å². The van der Waals surface area contributed by atoms with E-state index in [9.17, 15) is 9.59 Å². The molecule has 1 fully saturated rings. The summed E-state index contributed by atoms with van der Waals surface area (Å²) in [5, 5.41) is 12.9. The van der Waals surface area contributed by atoms with Crippen LogP contribution in [0.5, 0.6) is 0 Å². The van der Waals surface area contributed by atoms with Gasteiger partial charge in [-0.05, 0) is 66.1 Å². The zero-order valence-electron chi connectivity index (χ0n) is 26.1. The number of rotatable bonds is 11. The van der Waals surface area contributed by atoms with Crippen LogP contribution in [0, 0.1) is 0 Å². The van der Waals surface area contributed by atoms with Gasteiger partial charge in [0.1, 0.15) is 11.9 Å². The summed E-state index contributed by atoms with van der Waals surface area (Å²) in [6, 6.07) is 23.1. The van der Waals surface area contributed by atoms with E-state index < -0.39 is 12.1 Å². The first-order valence-corrected chi connectivity index (χ1v) is 17.3. The Kier molecular flexibility index (Phi) is 10.7. The number of piperazine rings is 1. The lowest BCUT2D eigenvalue weighted by atomic mass is 9.95. The number of fused-ring (bicyclic) bond motifs is 1. The quantitative estimate of drug-likeness (QED) is 0.215. The van der Waals surface area contributed by atoms with Crippen LogP contribution in [-0.4, -0.2) is 66.5 Å². The normalized spacial score (nSPS) is 17.7. The van der Waals surface area contributed by atoms with Gasteiger partial charge in [0.05, 0.1) is 6.04 Å². The lowest BCUT2D eigenvalue weighted by Crippen LogP contribution is -2.58. The predicted octanol–water partition coefficient (Wildman–Crippen LogP) is 4.78. The number of halogens is 1. The summed E-state index contributed by atoms with van der Waals surface area (Å²) in [5.41, 5.74) is 4.47. The van der Waals surface area contributed by atoms with Crippen LogP contribution in [0.15, 0.2) is 84.4 Å². The molecule has 8 nitrogen and oxygen atoms in total. The zero-order chi connectivity index (χ0) is 31.9. The van der Waals surface area contributed by atoms with Crippen LogP contribution in [0.25, 0.3) is 0 Å². The topological polar surface area (TPSA) is 89.6 Å². The fourth-order valence-corrected chi connectivity index (χ4v) is 7.15. The van der Waals surface area contributed by atoms with E-state index in [2.05, 4.69) is 63.5 Å². The second-order valence-corrected chi connectivity index (χ2v) is 13.5. The molecule has 2 aromatic carbocycles. The molecule has 1 saturated heterocycles. The summed E-state index contributed by atoms with van der Waals surface area (Å²) in [5.74, 6) is 0.739. The highest BCUT2D eigenvalue weighted by atomic mass is 35.5. The highest BCUT2D eigenvalue weighted by molar-refractivity contribution is 7.09. The van der Waals surface area contributed by atoms with Gasteiger partial charge in [0.15, 0.2) is 0 Å². The summed E-state index contributed by atoms with van der Waals surface area (Å²) in [6.45, 7) is 6.14. The maximum Gasteiger partial charge on any atom is 0.245 e. The van der Waals surface area contributed by atoms with E-state index in [0.29, 0.717) is 50.6 Å². The Morgan fingerprint density at radius 1 is 1.00 bits per heavy atom.